The lowest BCUT2D eigenvalue weighted by Crippen LogP contribution is -2.02. The maximum Gasteiger partial charge on any atom is 0.158 e. The maximum absolute atomic E-state index is 14.4. The van der Waals surface area contributed by atoms with E-state index in [1.54, 1.807) is 6.07 Å². The lowest BCUT2D eigenvalue weighted by molar-refractivity contribution is -0.115. The van der Waals surface area contributed by atoms with Crippen molar-refractivity contribution in [2.24, 2.45) is 0 Å². The van der Waals surface area contributed by atoms with Crippen LogP contribution in [0.15, 0.2) is 66.2 Å². The molecule has 0 N–H and O–H groups in total. The Morgan fingerprint density at radius 2 is 1.62 bits per heavy atom. The number of Topliss-reactive ketones (excluding diaryl/α,β-unsaturated/α-hetero) is 1. The van der Waals surface area contributed by atoms with Gasteiger partial charge in [0.15, 0.2) is 5.78 Å². The van der Waals surface area contributed by atoms with Crippen molar-refractivity contribution in [3.63, 3.8) is 0 Å². The van der Waals surface area contributed by atoms with E-state index < -0.39 is 0 Å². The lowest BCUT2D eigenvalue weighted by Gasteiger charge is -2.12. The van der Waals surface area contributed by atoms with Crippen LogP contribution in [0.2, 0.25) is 0 Å². The minimum Gasteiger partial charge on any atom is -0.295 e. The molecule has 3 aromatic rings. The van der Waals surface area contributed by atoms with Crippen LogP contribution < -0.4 is 0 Å². The molecule has 0 aliphatic carbocycles. The van der Waals surface area contributed by atoms with Crippen molar-refractivity contribution in [3.8, 4) is 11.1 Å². The van der Waals surface area contributed by atoms with Crippen LogP contribution in [-0.4, -0.2) is 5.78 Å². The summed E-state index contributed by atoms with van der Waals surface area (Å²) >= 11 is 0. The van der Waals surface area contributed by atoms with Crippen molar-refractivity contribution in [3.05, 3.63) is 99.9 Å². The molecule has 0 spiro atoms. The highest BCUT2D eigenvalue weighted by Gasteiger charge is 2.11. The second-order valence-corrected chi connectivity index (χ2v) is 7.96. The van der Waals surface area contributed by atoms with Gasteiger partial charge in [-0.15, -0.1) is 0 Å². The first-order valence-corrected chi connectivity index (χ1v) is 11.5. The number of hydrogen-bond acceptors (Lipinski definition) is 1. The summed E-state index contributed by atoms with van der Waals surface area (Å²) in [5.41, 5.74) is 7.85. The van der Waals surface area contributed by atoms with Gasteiger partial charge in [-0.1, -0.05) is 74.9 Å². The number of halogens is 1. The molecule has 0 aliphatic heterocycles. The van der Waals surface area contributed by atoms with Crippen molar-refractivity contribution >= 4 is 11.9 Å². The fourth-order valence-corrected chi connectivity index (χ4v) is 3.75. The molecule has 0 fully saturated rings. The summed E-state index contributed by atoms with van der Waals surface area (Å²) < 4.78 is 14.4. The molecule has 0 atom stereocenters. The van der Waals surface area contributed by atoms with Gasteiger partial charge >= 0.3 is 0 Å². The summed E-state index contributed by atoms with van der Waals surface area (Å²) in [4.78, 5) is 12.7. The fourth-order valence-electron chi connectivity index (χ4n) is 3.75. The number of ketones is 1. The first-order chi connectivity index (χ1) is 15.4. The van der Waals surface area contributed by atoms with Gasteiger partial charge in [0.2, 0.25) is 0 Å². The molecular formula is C30H35FO. The molecule has 0 saturated heterocycles. The van der Waals surface area contributed by atoms with E-state index in [0.717, 1.165) is 34.2 Å². The lowest BCUT2D eigenvalue weighted by atomic mass is 9.93. The van der Waals surface area contributed by atoms with E-state index in [-0.39, 0.29) is 11.6 Å². The first kappa shape index (κ1) is 25.3. The Kier molecular flexibility index (Phi) is 9.59. The normalized spacial score (nSPS) is 11.0. The van der Waals surface area contributed by atoms with Crippen LogP contribution in [0.1, 0.15) is 61.9 Å². The van der Waals surface area contributed by atoms with Crippen LogP contribution >= 0.6 is 0 Å². The molecule has 0 radical (unpaired) electrons. The van der Waals surface area contributed by atoms with E-state index >= 15 is 0 Å². The molecule has 0 saturated carbocycles. The van der Waals surface area contributed by atoms with Crippen LogP contribution in [-0.2, 0) is 17.6 Å². The van der Waals surface area contributed by atoms with Gasteiger partial charge in [-0.25, -0.2) is 4.39 Å². The highest BCUT2D eigenvalue weighted by Crippen LogP contribution is 2.29. The Labute approximate surface area is 193 Å². The van der Waals surface area contributed by atoms with E-state index in [9.17, 15) is 9.18 Å². The maximum atomic E-state index is 14.4. The minimum absolute atomic E-state index is 0.0923. The molecule has 3 aromatic carbocycles. The Balaban J connectivity index is 0.00000176. The van der Waals surface area contributed by atoms with Gasteiger partial charge in [-0.05, 0) is 90.8 Å². The standard InChI is InChI=1S/C28H29FO.C2H6/c1-5-22-9-7-11-24(16-22)27-18-26(29)17-25(21(27)4)15-20(3)28(30)13-12-23-10-6-8-19(2)14-23;1-2/h6-11,14-18H,5,12-13H2,1-4H3;1-2H3/b20-15+;. The van der Waals surface area contributed by atoms with Gasteiger partial charge in [-0.3, -0.25) is 4.79 Å². The van der Waals surface area contributed by atoms with E-state index in [0.29, 0.717) is 18.4 Å². The SMILES string of the molecule is CC.CCc1cccc(-c2cc(F)cc(/C=C(\C)C(=O)CCc3cccc(C)c3)c2C)c1. The van der Waals surface area contributed by atoms with Gasteiger partial charge in [0.1, 0.15) is 5.82 Å². The summed E-state index contributed by atoms with van der Waals surface area (Å²) in [6, 6.07) is 19.5. The average molecular weight is 431 g/mol. The number of allylic oxidation sites excluding steroid dienone is 1. The Bertz CT molecular complexity index is 1090. The number of hydrogen-bond donors (Lipinski definition) is 0. The molecule has 168 valence electrons. The van der Waals surface area contributed by atoms with Crippen LogP contribution in [0.5, 0.6) is 0 Å². The topological polar surface area (TPSA) is 17.1 Å². The molecule has 2 heteroatoms. The van der Waals surface area contributed by atoms with Gasteiger partial charge in [0.25, 0.3) is 0 Å². The van der Waals surface area contributed by atoms with Crippen molar-refractivity contribution in [1.82, 2.24) is 0 Å². The fraction of sp³-hybridized carbons (Fsp3) is 0.300. The predicted molar refractivity (Wildman–Crippen MR) is 135 cm³/mol. The zero-order valence-corrected chi connectivity index (χ0v) is 20.3. The summed E-state index contributed by atoms with van der Waals surface area (Å²) in [5.74, 6) is -0.196. The van der Waals surface area contributed by atoms with Gasteiger partial charge in [0, 0.05) is 6.42 Å². The van der Waals surface area contributed by atoms with Crippen LogP contribution in [0.25, 0.3) is 17.2 Å². The zero-order valence-electron chi connectivity index (χ0n) is 20.3. The molecule has 0 heterocycles. The second-order valence-electron chi connectivity index (χ2n) is 7.96. The quantitative estimate of drug-likeness (QED) is 0.344. The minimum atomic E-state index is -0.288. The first-order valence-electron chi connectivity index (χ1n) is 11.5. The van der Waals surface area contributed by atoms with Gasteiger partial charge < -0.3 is 0 Å². The zero-order chi connectivity index (χ0) is 23.7. The molecular weight excluding hydrogens is 395 g/mol. The number of carbonyl (C=O) groups is 1. The summed E-state index contributed by atoms with van der Waals surface area (Å²) in [5, 5.41) is 0. The van der Waals surface area contributed by atoms with E-state index in [2.05, 4.69) is 38.1 Å². The summed E-state index contributed by atoms with van der Waals surface area (Å²) in [6.07, 6.45) is 3.92. The highest BCUT2D eigenvalue weighted by atomic mass is 19.1. The predicted octanol–water partition coefficient (Wildman–Crippen LogP) is 8.30. The molecule has 32 heavy (non-hydrogen) atoms. The van der Waals surface area contributed by atoms with Crippen molar-refractivity contribution in [1.29, 1.82) is 0 Å². The third-order valence-corrected chi connectivity index (χ3v) is 5.59. The van der Waals surface area contributed by atoms with Crippen molar-refractivity contribution in [2.45, 2.75) is 60.8 Å². The number of aryl methyl sites for hydroxylation is 3. The third-order valence-electron chi connectivity index (χ3n) is 5.59. The van der Waals surface area contributed by atoms with Crippen molar-refractivity contribution in [2.75, 3.05) is 0 Å². The van der Waals surface area contributed by atoms with E-state index in [1.807, 2.05) is 58.0 Å². The number of rotatable bonds is 7. The summed E-state index contributed by atoms with van der Waals surface area (Å²) in [6.45, 7) is 12.0. The second kappa shape index (κ2) is 12.1. The van der Waals surface area contributed by atoms with Gasteiger partial charge in [-0.2, -0.15) is 0 Å². The average Bonchev–Trinajstić information content (AvgIpc) is 2.81. The summed E-state index contributed by atoms with van der Waals surface area (Å²) in [7, 11) is 0. The van der Waals surface area contributed by atoms with E-state index in [4.69, 9.17) is 0 Å². The highest BCUT2D eigenvalue weighted by molar-refractivity contribution is 5.99. The molecule has 0 amide bonds. The van der Waals surface area contributed by atoms with Crippen molar-refractivity contribution < 1.29 is 9.18 Å². The largest absolute Gasteiger partial charge is 0.295 e. The molecule has 0 unspecified atom stereocenters. The van der Waals surface area contributed by atoms with Crippen LogP contribution in [0.3, 0.4) is 0 Å². The van der Waals surface area contributed by atoms with Gasteiger partial charge in [0.05, 0.1) is 0 Å². The smallest absolute Gasteiger partial charge is 0.158 e. The van der Waals surface area contributed by atoms with Crippen LogP contribution in [0.4, 0.5) is 4.39 Å². The number of benzene rings is 3. The number of carbonyl (C=O) groups excluding carboxylic acids is 1. The molecule has 3 rings (SSSR count). The Morgan fingerprint density at radius 1 is 0.938 bits per heavy atom. The molecule has 0 bridgehead atoms. The Morgan fingerprint density at radius 3 is 2.31 bits per heavy atom. The molecule has 0 aromatic heterocycles. The monoisotopic (exact) mass is 430 g/mol. The Hall–Kier alpha value is -3.00. The van der Waals surface area contributed by atoms with Crippen LogP contribution in [0, 0.1) is 19.7 Å². The molecule has 0 aliphatic rings. The third kappa shape index (κ3) is 6.75. The molecule has 1 nitrogen and oxygen atoms in total. The van der Waals surface area contributed by atoms with E-state index in [1.165, 1.54) is 17.2 Å².